The van der Waals surface area contributed by atoms with Gasteiger partial charge >= 0.3 is 0 Å². The first-order valence-electron chi connectivity index (χ1n) is 10.7. The number of likely N-dealkylation sites (N-methyl/N-ethyl adjacent to an activating group) is 1. The minimum absolute atomic E-state index is 0.192. The predicted molar refractivity (Wildman–Crippen MR) is 120 cm³/mol. The van der Waals surface area contributed by atoms with Crippen molar-refractivity contribution >= 4 is 11.4 Å². The third-order valence-electron chi connectivity index (χ3n) is 6.33. The van der Waals surface area contributed by atoms with Crippen LogP contribution < -0.4 is 5.01 Å². The molecular weight excluding hydrogens is 354 g/mol. The van der Waals surface area contributed by atoms with Gasteiger partial charge in [-0.05, 0) is 41.8 Å². The normalized spacial score (nSPS) is 23.4. The molecule has 5 rings (SSSR count). The van der Waals surface area contributed by atoms with Gasteiger partial charge in [-0.3, -0.25) is 4.90 Å². The molecular formula is C26H27N3. The maximum absolute atomic E-state index is 5.25. The molecule has 3 aromatic rings. The third-order valence-corrected chi connectivity index (χ3v) is 6.33. The molecule has 0 aromatic heterocycles. The molecule has 0 spiro atoms. The Morgan fingerprint density at radius 1 is 0.759 bits per heavy atom. The van der Waals surface area contributed by atoms with E-state index >= 15 is 0 Å². The summed E-state index contributed by atoms with van der Waals surface area (Å²) in [7, 11) is 0. The molecule has 0 amide bonds. The van der Waals surface area contributed by atoms with E-state index < -0.39 is 0 Å². The Labute approximate surface area is 173 Å². The molecule has 29 heavy (non-hydrogen) atoms. The largest absolute Gasteiger partial charge is 0.274 e. The Morgan fingerprint density at radius 3 is 2.03 bits per heavy atom. The minimum atomic E-state index is 0.192. The van der Waals surface area contributed by atoms with Crippen molar-refractivity contribution < 1.29 is 0 Å². The van der Waals surface area contributed by atoms with E-state index in [2.05, 4.69) is 109 Å². The summed E-state index contributed by atoms with van der Waals surface area (Å²) >= 11 is 0. The topological polar surface area (TPSA) is 18.8 Å². The zero-order chi connectivity index (χ0) is 19.8. The van der Waals surface area contributed by atoms with Crippen LogP contribution in [0.2, 0.25) is 0 Å². The lowest BCUT2D eigenvalue weighted by Crippen LogP contribution is -2.52. The van der Waals surface area contributed by atoms with Crippen molar-refractivity contribution in [2.24, 2.45) is 5.10 Å². The van der Waals surface area contributed by atoms with Crippen LogP contribution in [0.25, 0.3) is 0 Å². The van der Waals surface area contributed by atoms with E-state index in [0.717, 1.165) is 18.7 Å². The van der Waals surface area contributed by atoms with Crippen LogP contribution in [0.3, 0.4) is 0 Å². The van der Waals surface area contributed by atoms with Crippen molar-refractivity contribution in [3.8, 4) is 0 Å². The molecule has 0 N–H and O–H groups in total. The molecule has 2 aliphatic heterocycles. The number of anilines is 1. The van der Waals surface area contributed by atoms with Crippen LogP contribution in [-0.4, -0.2) is 23.3 Å². The first-order chi connectivity index (χ1) is 14.3. The molecule has 3 nitrogen and oxygen atoms in total. The van der Waals surface area contributed by atoms with E-state index in [-0.39, 0.29) is 12.1 Å². The minimum Gasteiger partial charge on any atom is -0.274 e. The van der Waals surface area contributed by atoms with Gasteiger partial charge in [0.15, 0.2) is 0 Å². The SMILES string of the molecule is CC[C@@H]1c2ccccc2[C@@H]2C(c3ccccc3)=NN(c3ccccc3)[C@@H]2N1CC. The highest BCUT2D eigenvalue weighted by Crippen LogP contribution is 2.48. The van der Waals surface area contributed by atoms with Crippen molar-refractivity contribution in [1.29, 1.82) is 0 Å². The van der Waals surface area contributed by atoms with Gasteiger partial charge in [-0.25, -0.2) is 5.01 Å². The lowest BCUT2D eigenvalue weighted by atomic mass is 9.78. The zero-order valence-corrected chi connectivity index (χ0v) is 17.1. The van der Waals surface area contributed by atoms with E-state index in [1.165, 1.54) is 22.4 Å². The zero-order valence-electron chi connectivity index (χ0n) is 17.1. The molecule has 2 aliphatic rings. The number of nitrogens with zero attached hydrogens (tertiary/aromatic N) is 3. The quantitative estimate of drug-likeness (QED) is 0.568. The first kappa shape index (κ1) is 18.1. The van der Waals surface area contributed by atoms with Gasteiger partial charge in [0.25, 0.3) is 0 Å². The molecule has 3 atom stereocenters. The van der Waals surface area contributed by atoms with Gasteiger partial charge in [0.05, 0.1) is 17.3 Å². The summed E-state index contributed by atoms with van der Waals surface area (Å²) < 4.78 is 0. The standard InChI is InChI=1S/C26H27N3/c1-3-23-21-17-11-12-18-22(21)24-25(19-13-7-5-8-14-19)27-29(26(24)28(23)4-2)20-15-9-6-10-16-20/h5-18,23-24,26H,3-4H2,1-2H3/t23-,24-,26+/m1/s1. The monoisotopic (exact) mass is 381 g/mol. The Bertz CT molecular complexity index is 1010. The number of hydrazone groups is 1. The van der Waals surface area contributed by atoms with Crippen LogP contribution in [0.5, 0.6) is 0 Å². The van der Waals surface area contributed by atoms with Crippen molar-refractivity contribution in [2.75, 3.05) is 11.6 Å². The number of hydrogen-bond donors (Lipinski definition) is 0. The van der Waals surface area contributed by atoms with E-state index in [0.29, 0.717) is 6.04 Å². The van der Waals surface area contributed by atoms with E-state index in [1.807, 2.05) is 0 Å². The summed E-state index contributed by atoms with van der Waals surface area (Å²) in [5.41, 5.74) is 6.41. The summed E-state index contributed by atoms with van der Waals surface area (Å²) in [6.07, 6.45) is 1.29. The number of fused-ring (bicyclic) bond motifs is 3. The molecule has 2 heterocycles. The average molecular weight is 382 g/mol. The van der Waals surface area contributed by atoms with Crippen molar-refractivity contribution in [2.45, 2.75) is 38.4 Å². The maximum Gasteiger partial charge on any atom is 0.118 e. The van der Waals surface area contributed by atoms with Gasteiger partial charge in [-0.15, -0.1) is 0 Å². The summed E-state index contributed by atoms with van der Waals surface area (Å²) in [5, 5.41) is 7.51. The Kier molecular flexibility index (Phi) is 4.69. The molecule has 0 bridgehead atoms. The Hall–Kier alpha value is -2.91. The van der Waals surface area contributed by atoms with Crippen LogP contribution in [0.4, 0.5) is 5.69 Å². The molecule has 0 saturated heterocycles. The summed E-state index contributed by atoms with van der Waals surface area (Å²) in [6.45, 7) is 5.57. The van der Waals surface area contributed by atoms with Crippen LogP contribution in [0.1, 0.15) is 48.9 Å². The van der Waals surface area contributed by atoms with Crippen molar-refractivity contribution in [1.82, 2.24) is 4.90 Å². The molecule has 0 unspecified atom stereocenters. The van der Waals surface area contributed by atoms with E-state index in [1.54, 1.807) is 0 Å². The molecule has 0 radical (unpaired) electrons. The van der Waals surface area contributed by atoms with Crippen LogP contribution in [0.15, 0.2) is 90.0 Å². The second-order valence-electron chi connectivity index (χ2n) is 7.81. The van der Waals surface area contributed by atoms with Gasteiger partial charge in [-0.2, -0.15) is 5.10 Å². The Balaban J connectivity index is 1.73. The van der Waals surface area contributed by atoms with Gasteiger partial charge in [-0.1, -0.05) is 86.6 Å². The average Bonchev–Trinajstić information content (AvgIpc) is 3.20. The van der Waals surface area contributed by atoms with Crippen molar-refractivity contribution in [3.63, 3.8) is 0 Å². The van der Waals surface area contributed by atoms with Crippen LogP contribution in [0, 0.1) is 0 Å². The predicted octanol–water partition coefficient (Wildman–Crippen LogP) is 5.81. The Morgan fingerprint density at radius 2 is 1.38 bits per heavy atom. The lowest BCUT2D eigenvalue weighted by molar-refractivity contribution is 0.117. The van der Waals surface area contributed by atoms with Gasteiger partial charge in [0, 0.05) is 6.04 Å². The molecule has 0 fully saturated rings. The number of rotatable bonds is 4. The van der Waals surface area contributed by atoms with Crippen LogP contribution >= 0.6 is 0 Å². The van der Waals surface area contributed by atoms with E-state index in [4.69, 9.17) is 5.10 Å². The van der Waals surface area contributed by atoms with Gasteiger partial charge in [0.2, 0.25) is 0 Å². The smallest absolute Gasteiger partial charge is 0.118 e. The molecule has 3 aromatic carbocycles. The fraction of sp³-hybridized carbons (Fsp3) is 0.269. The highest BCUT2D eigenvalue weighted by molar-refractivity contribution is 6.08. The fourth-order valence-corrected chi connectivity index (χ4v) is 5.12. The van der Waals surface area contributed by atoms with Gasteiger partial charge < -0.3 is 0 Å². The van der Waals surface area contributed by atoms with E-state index in [9.17, 15) is 0 Å². The summed E-state index contributed by atoms with van der Waals surface area (Å²) in [4.78, 5) is 2.64. The first-order valence-corrected chi connectivity index (χ1v) is 10.7. The van der Waals surface area contributed by atoms with Crippen molar-refractivity contribution in [3.05, 3.63) is 102 Å². The third kappa shape index (κ3) is 2.89. The highest BCUT2D eigenvalue weighted by atomic mass is 15.6. The van der Waals surface area contributed by atoms with Gasteiger partial charge in [0.1, 0.15) is 6.17 Å². The number of hydrogen-bond acceptors (Lipinski definition) is 3. The molecule has 0 aliphatic carbocycles. The number of para-hydroxylation sites is 1. The number of benzene rings is 3. The second-order valence-corrected chi connectivity index (χ2v) is 7.81. The summed E-state index contributed by atoms with van der Waals surface area (Å²) in [6, 6.07) is 30.7. The maximum atomic E-state index is 5.25. The highest BCUT2D eigenvalue weighted by Gasteiger charge is 2.48. The summed E-state index contributed by atoms with van der Waals surface area (Å²) in [5.74, 6) is 0.233. The molecule has 3 heteroatoms. The molecule has 0 saturated carbocycles. The van der Waals surface area contributed by atoms with Crippen LogP contribution in [-0.2, 0) is 0 Å². The fourth-order valence-electron chi connectivity index (χ4n) is 5.12. The lowest BCUT2D eigenvalue weighted by Gasteiger charge is -2.46. The molecule has 146 valence electrons. The second kappa shape index (κ2) is 7.49.